The van der Waals surface area contributed by atoms with Gasteiger partial charge in [-0.2, -0.15) is 0 Å². The van der Waals surface area contributed by atoms with Gasteiger partial charge in [-0.15, -0.1) is 0 Å². The van der Waals surface area contributed by atoms with E-state index in [9.17, 15) is 0 Å². The van der Waals surface area contributed by atoms with E-state index in [1.165, 1.54) is 102 Å². The Labute approximate surface area is 195 Å². The predicted molar refractivity (Wildman–Crippen MR) is 132 cm³/mol. The molecule has 180 valence electrons. The first-order chi connectivity index (χ1) is 15.9. The molecule has 5 rings (SSSR count). The number of nitrogens with zero attached hydrogens (tertiary/aromatic N) is 2. The highest BCUT2D eigenvalue weighted by atomic mass is 15.4. The van der Waals surface area contributed by atoms with Gasteiger partial charge < -0.3 is 20.9 Å². The lowest BCUT2D eigenvalue weighted by Crippen LogP contribution is -2.63. The van der Waals surface area contributed by atoms with Gasteiger partial charge in [0.1, 0.15) is 5.82 Å². The van der Waals surface area contributed by atoms with Crippen molar-refractivity contribution in [2.75, 3.05) is 26.2 Å². The largest absolute Gasteiger partial charge is 0.368 e. The van der Waals surface area contributed by atoms with Gasteiger partial charge in [0.15, 0.2) is 0 Å². The second-order valence-electron chi connectivity index (χ2n) is 10.6. The molecule has 0 aromatic rings. The summed E-state index contributed by atoms with van der Waals surface area (Å²) < 4.78 is 0. The van der Waals surface area contributed by atoms with Gasteiger partial charge in [0.25, 0.3) is 0 Å². The molecule has 0 amide bonds. The third kappa shape index (κ3) is 5.35. The molecule has 4 heterocycles. The van der Waals surface area contributed by atoms with Gasteiger partial charge in [-0.3, -0.25) is 10.2 Å². The van der Waals surface area contributed by atoms with Crippen LogP contribution in [0.4, 0.5) is 0 Å². The zero-order chi connectivity index (χ0) is 21.6. The van der Waals surface area contributed by atoms with E-state index in [1.807, 2.05) is 0 Å². The summed E-state index contributed by atoms with van der Waals surface area (Å²) in [6, 6.07) is 1.36. The maximum atomic E-state index is 3.89. The first kappa shape index (κ1) is 22.7. The molecule has 3 atom stereocenters. The minimum atomic E-state index is 0.492. The molecule has 32 heavy (non-hydrogen) atoms. The van der Waals surface area contributed by atoms with Gasteiger partial charge in [0, 0.05) is 18.6 Å². The van der Waals surface area contributed by atoms with Crippen LogP contribution >= 0.6 is 0 Å². The minimum absolute atomic E-state index is 0.492. The predicted octanol–water partition coefficient (Wildman–Crippen LogP) is 3.20. The molecular weight excluding hydrogens is 396 g/mol. The lowest BCUT2D eigenvalue weighted by atomic mass is 9.86. The summed E-state index contributed by atoms with van der Waals surface area (Å²) in [4.78, 5) is 5.64. The minimum Gasteiger partial charge on any atom is -0.368 e. The topological polar surface area (TPSA) is 54.6 Å². The number of rotatable bonds is 6. The maximum Gasteiger partial charge on any atom is 0.103 e. The van der Waals surface area contributed by atoms with E-state index in [1.54, 1.807) is 0 Å². The molecule has 5 aliphatic rings. The van der Waals surface area contributed by atoms with Crippen LogP contribution in [0, 0.1) is 0 Å². The van der Waals surface area contributed by atoms with Gasteiger partial charge >= 0.3 is 0 Å². The Kier molecular flexibility index (Phi) is 8.06. The van der Waals surface area contributed by atoms with E-state index in [4.69, 9.17) is 0 Å². The summed E-state index contributed by atoms with van der Waals surface area (Å²) in [6.45, 7) is 4.50. The third-order valence-corrected chi connectivity index (χ3v) is 8.46. The van der Waals surface area contributed by atoms with Crippen molar-refractivity contribution in [1.82, 2.24) is 31.1 Å². The standard InChI is InChI=1S/C26H46N6/c1-5-17-27-23(9-1)31(24-10-2-6-18-28-24)21-13-15-22(16-14-21)32(25-11-3-7-19-29-25)26-12-4-8-20-30-26/h1,5,9,21-22,24-30H,2-4,6-8,10-20H2. The van der Waals surface area contributed by atoms with Crippen LogP contribution in [-0.2, 0) is 0 Å². The molecule has 1 aliphatic carbocycles. The highest BCUT2D eigenvalue weighted by Gasteiger charge is 2.38. The zero-order valence-electron chi connectivity index (χ0n) is 20.0. The van der Waals surface area contributed by atoms with E-state index in [0.29, 0.717) is 30.6 Å². The smallest absolute Gasteiger partial charge is 0.103 e. The van der Waals surface area contributed by atoms with E-state index in [0.717, 1.165) is 13.1 Å². The SMILES string of the molecule is C1=CCNC(N(C2CCC(N(C3CCCCN3)C3CCCCN3)CC2)C2CCCCN2)=C1. The summed E-state index contributed by atoms with van der Waals surface area (Å²) in [5.74, 6) is 1.34. The molecule has 4 N–H and O–H groups in total. The van der Waals surface area contributed by atoms with Crippen LogP contribution in [0.3, 0.4) is 0 Å². The molecule has 0 bridgehead atoms. The van der Waals surface area contributed by atoms with Crippen LogP contribution in [0.2, 0.25) is 0 Å². The van der Waals surface area contributed by atoms with E-state index in [-0.39, 0.29) is 0 Å². The van der Waals surface area contributed by atoms with Crippen molar-refractivity contribution in [3.63, 3.8) is 0 Å². The van der Waals surface area contributed by atoms with Crippen molar-refractivity contribution in [1.29, 1.82) is 0 Å². The fraction of sp³-hybridized carbons (Fsp3) is 0.846. The van der Waals surface area contributed by atoms with Crippen LogP contribution in [0.1, 0.15) is 83.5 Å². The highest BCUT2D eigenvalue weighted by Crippen LogP contribution is 2.34. The molecule has 0 aromatic carbocycles. The number of hydrogen-bond donors (Lipinski definition) is 4. The number of hydrogen-bond acceptors (Lipinski definition) is 6. The van der Waals surface area contributed by atoms with Gasteiger partial charge in [-0.1, -0.05) is 12.2 Å². The summed E-state index contributed by atoms with van der Waals surface area (Å²) in [7, 11) is 0. The molecule has 0 radical (unpaired) electrons. The molecule has 1 saturated carbocycles. The Balaban J connectivity index is 1.27. The van der Waals surface area contributed by atoms with Crippen LogP contribution in [0.5, 0.6) is 0 Å². The van der Waals surface area contributed by atoms with E-state index >= 15 is 0 Å². The van der Waals surface area contributed by atoms with Crippen molar-refractivity contribution in [2.45, 2.75) is 114 Å². The Morgan fingerprint density at radius 1 is 0.625 bits per heavy atom. The fourth-order valence-electron chi connectivity index (χ4n) is 6.85. The summed E-state index contributed by atoms with van der Waals surface area (Å²) in [6.07, 6.45) is 25.7. The molecule has 3 saturated heterocycles. The Morgan fingerprint density at radius 2 is 1.19 bits per heavy atom. The second-order valence-corrected chi connectivity index (χ2v) is 10.6. The number of dihydropyridines is 1. The quantitative estimate of drug-likeness (QED) is 0.507. The molecule has 4 aliphatic heterocycles. The first-order valence-corrected chi connectivity index (χ1v) is 13.8. The van der Waals surface area contributed by atoms with E-state index in [2.05, 4.69) is 49.3 Å². The molecule has 6 nitrogen and oxygen atoms in total. The van der Waals surface area contributed by atoms with E-state index < -0.39 is 0 Å². The lowest BCUT2D eigenvalue weighted by Gasteiger charge is -2.50. The first-order valence-electron chi connectivity index (χ1n) is 13.8. The fourth-order valence-corrected chi connectivity index (χ4v) is 6.85. The molecule has 3 unspecified atom stereocenters. The molecule has 6 heteroatoms. The van der Waals surface area contributed by atoms with Crippen molar-refractivity contribution >= 4 is 0 Å². The Morgan fingerprint density at radius 3 is 1.69 bits per heavy atom. The van der Waals surface area contributed by atoms with Crippen molar-refractivity contribution in [3.8, 4) is 0 Å². The van der Waals surface area contributed by atoms with Crippen LogP contribution in [-0.4, -0.2) is 66.6 Å². The van der Waals surface area contributed by atoms with Crippen molar-refractivity contribution < 1.29 is 0 Å². The van der Waals surface area contributed by atoms with Gasteiger partial charge in [0.05, 0.1) is 18.5 Å². The number of nitrogens with one attached hydrogen (secondary N) is 4. The Bertz CT molecular complexity index is 604. The number of allylic oxidation sites excluding steroid dienone is 2. The molecular formula is C26H46N6. The van der Waals surface area contributed by atoms with Crippen LogP contribution in [0.15, 0.2) is 24.0 Å². The summed E-state index contributed by atoms with van der Waals surface area (Å²) in [5.41, 5.74) is 0. The molecule has 4 fully saturated rings. The molecule has 0 spiro atoms. The van der Waals surface area contributed by atoms with Crippen molar-refractivity contribution in [2.24, 2.45) is 0 Å². The monoisotopic (exact) mass is 442 g/mol. The highest BCUT2D eigenvalue weighted by molar-refractivity contribution is 5.18. The van der Waals surface area contributed by atoms with Gasteiger partial charge in [0.2, 0.25) is 0 Å². The van der Waals surface area contributed by atoms with Crippen molar-refractivity contribution in [3.05, 3.63) is 24.0 Å². The lowest BCUT2D eigenvalue weighted by molar-refractivity contribution is -0.0125. The molecule has 0 aromatic heterocycles. The summed E-state index contributed by atoms with van der Waals surface area (Å²) in [5, 5.41) is 15.3. The normalized spacial score (nSPS) is 36.4. The van der Waals surface area contributed by atoms with Crippen LogP contribution < -0.4 is 21.3 Å². The van der Waals surface area contributed by atoms with Gasteiger partial charge in [-0.25, -0.2) is 0 Å². The second kappa shape index (κ2) is 11.4. The average Bonchev–Trinajstić information content (AvgIpc) is 2.88. The summed E-state index contributed by atoms with van der Waals surface area (Å²) >= 11 is 0. The van der Waals surface area contributed by atoms with Gasteiger partial charge in [-0.05, 0) is 109 Å². The number of piperidine rings is 3. The zero-order valence-corrected chi connectivity index (χ0v) is 20.0. The third-order valence-electron chi connectivity index (χ3n) is 8.46. The maximum absolute atomic E-state index is 3.89. The Hall–Kier alpha value is -1.08. The van der Waals surface area contributed by atoms with Crippen LogP contribution in [0.25, 0.3) is 0 Å². The average molecular weight is 443 g/mol.